The van der Waals surface area contributed by atoms with Gasteiger partial charge in [0.15, 0.2) is 0 Å². The van der Waals surface area contributed by atoms with Gasteiger partial charge >= 0.3 is 5.97 Å². The molecule has 0 unspecified atom stereocenters. The van der Waals surface area contributed by atoms with Gasteiger partial charge in [-0.3, -0.25) is 4.79 Å². The standard InChI is InChI=1S/C32H32N2O4/c1-20(2)29-26(31(36)37)28-27(24-15-8-9-16-25(24)33-28)32(3,4)19-34(29)30(35)22-13-10-14-23(17-22)38-18-21-11-6-5-7-12-21/h5-17,20,33H,18-19H2,1-4H3,(H,36,37). The summed E-state index contributed by atoms with van der Waals surface area (Å²) in [6, 6.07) is 24.8. The van der Waals surface area contributed by atoms with Crippen LogP contribution in [-0.4, -0.2) is 33.4 Å². The van der Waals surface area contributed by atoms with Crippen LogP contribution in [0.5, 0.6) is 5.75 Å². The van der Waals surface area contributed by atoms with Crippen LogP contribution in [0.1, 0.15) is 54.9 Å². The average Bonchev–Trinajstić information content (AvgIpc) is 3.24. The number of nitrogens with one attached hydrogen (secondary N) is 1. The summed E-state index contributed by atoms with van der Waals surface area (Å²) in [7, 11) is 0. The number of amides is 1. The number of carboxylic acids is 1. The molecule has 2 N–H and O–H groups in total. The number of benzene rings is 3. The van der Waals surface area contributed by atoms with Crippen molar-refractivity contribution in [3.8, 4) is 5.75 Å². The van der Waals surface area contributed by atoms with E-state index in [1.807, 2.05) is 74.5 Å². The molecule has 0 radical (unpaired) electrons. The molecular formula is C32H32N2O4. The third kappa shape index (κ3) is 4.58. The van der Waals surface area contributed by atoms with Gasteiger partial charge in [0, 0.05) is 34.1 Å². The first-order valence-corrected chi connectivity index (χ1v) is 12.8. The van der Waals surface area contributed by atoms with Crippen LogP contribution in [0, 0.1) is 5.92 Å². The van der Waals surface area contributed by atoms with E-state index in [0.717, 1.165) is 22.0 Å². The summed E-state index contributed by atoms with van der Waals surface area (Å²) >= 11 is 0. The Morgan fingerprint density at radius 3 is 2.42 bits per heavy atom. The largest absolute Gasteiger partial charge is 0.489 e. The molecule has 3 aromatic carbocycles. The van der Waals surface area contributed by atoms with Crippen LogP contribution in [0.15, 0.2) is 84.6 Å². The van der Waals surface area contributed by atoms with Gasteiger partial charge in [-0.15, -0.1) is 0 Å². The lowest BCUT2D eigenvalue weighted by Crippen LogP contribution is -2.40. The molecule has 0 saturated carbocycles. The predicted octanol–water partition coefficient (Wildman–Crippen LogP) is 6.63. The highest BCUT2D eigenvalue weighted by Gasteiger charge is 2.41. The third-order valence-electron chi connectivity index (χ3n) is 7.07. The highest BCUT2D eigenvalue weighted by molar-refractivity contribution is 6.19. The molecule has 0 fully saturated rings. The lowest BCUT2D eigenvalue weighted by atomic mass is 9.81. The molecule has 0 aliphatic carbocycles. The number of aromatic nitrogens is 1. The van der Waals surface area contributed by atoms with Crippen LogP contribution < -0.4 is 4.74 Å². The van der Waals surface area contributed by atoms with Gasteiger partial charge in [-0.2, -0.15) is 0 Å². The summed E-state index contributed by atoms with van der Waals surface area (Å²) in [5.41, 5.74) is 3.96. The van der Waals surface area contributed by atoms with Crippen LogP contribution >= 0.6 is 0 Å². The second-order valence-electron chi connectivity index (χ2n) is 10.7. The van der Waals surface area contributed by atoms with Gasteiger partial charge < -0.3 is 19.7 Å². The maximum Gasteiger partial charge on any atom is 0.339 e. The first kappa shape index (κ1) is 25.3. The van der Waals surface area contributed by atoms with Crippen molar-refractivity contribution in [2.24, 2.45) is 5.92 Å². The summed E-state index contributed by atoms with van der Waals surface area (Å²) < 4.78 is 5.97. The van der Waals surface area contributed by atoms with Crippen molar-refractivity contribution in [2.45, 2.75) is 39.7 Å². The van der Waals surface area contributed by atoms with Crippen molar-refractivity contribution >= 4 is 28.4 Å². The topological polar surface area (TPSA) is 82.6 Å². The smallest absolute Gasteiger partial charge is 0.339 e. The minimum atomic E-state index is -1.06. The number of carboxylic acid groups (broad SMARTS) is 1. The Morgan fingerprint density at radius 2 is 1.71 bits per heavy atom. The first-order chi connectivity index (χ1) is 18.2. The van der Waals surface area contributed by atoms with E-state index >= 15 is 0 Å². The van der Waals surface area contributed by atoms with Crippen molar-refractivity contribution in [3.63, 3.8) is 0 Å². The molecule has 6 heteroatoms. The van der Waals surface area contributed by atoms with Gasteiger partial charge in [0.1, 0.15) is 17.9 Å². The normalized spacial score (nSPS) is 14.9. The second kappa shape index (κ2) is 9.86. The van der Waals surface area contributed by atoms with Crippen molar-refractivity contribution < 1.29 is 19.4 Å². The monoisotopic (exact) mass is 508 g/mol. The number of hydrogen-bond acceptors (Lipinski definition) is 3. The van der Waals surface area contributed by atoms with Crippen molar-refractivity contribution in [2.75, 3.05) is 6.54 Å². The fourth-order valence-electron chi connectivity index (χ4n) is 5.47. The molecular weight excluding hydrogens is 476 g/mol. The molecule has 4 aromatic rings. The number of hydrogen-bond donors (Lipinski definition) is 2. The van der Waals surface area contributed by atoms with Crippen LogP contribution in [0.25, 0.3) is 16.5 Å². The van der Waals surface area contributed by atoms with Gasteiger partial charge in [0.2, 0.25) is 0 Å². The van der Waals surface area contributed by atoms with E-state index < -0.39 is 11.4 Å². The lowest BCUT2D eigenvalue weighted by molar-refractivity contribution is -0.130. The fourth-order valence-corrected chi connectivity index (χ4v) is 5.47. The van der Waals surface area contributed by atoms with E-state index in [2.05, 4.69) is 18.8 Å². The summed E-state index contributed by atoms with van der Waals surface area (Å²) in [5, 5.41) is 11.5. The second-order valence-corrected chi connectivity index (χ2v) is 10.7. The minimum absolute atomic E-state index is 0.140. The van der Waals surface area contributed by atoms with E-state index in [1.165, 1.54) is 0 Å². The van der Waals surface area contributed by atoms with Crippen molar-refractivity contribution in [3.05, 3.63) is 107 Å². The molecule has 0 atom stereocenters. The SMILES string of the molecule is CC(C)C1=C(C(=O)O)c2[nH]c3ccccc3c2C(C)(C)CN1C(=O)c1cccc(OCc2ccccc2)c1. The average molecular weight is 509 g/mol. The Bertz CT molecular complexity index is 1550. The predicted molar refractivity (Wildman–Crippen MR) is 149 cm³/mol. The van der Waals surface area contributed by atoms with Crippen LogP contribution in [0.4, 0.5) is 0 Å². The van der Waals surface area contributed by atoms with Gasteiger partial charge in [-0.25, -0.2) is 4.79 Å². The molecule has 1 aliphatic heterocycles. The zero-order chi connectivity index (χ0) is 27.0. The van der Waals surface area contributed by atoms with Gasteiger partial charge in [0.25, 0.3) is 5.91 Å². The van der Waals surface area contributed by atoms with E-state index in [1.54, 1.807) is 23.1 Å². The number of para-hydroxylation sites is 1. The third-order valence-corrected chi connectivity index (χ3v) is 7.07. The van der Waals surface area contributed by atoms with E-state index in [-0.39, 0.29) is 17.4 Å². The molecule has 1 aliphatic rings. The molecule has 6 nitrogen and oxygen atoms in total. The molecule has 0 bridgehead atoms. The van der Waals surface area contributed by atoms with Crippen LogP contribution in [0.2, 0.25) is 0 Å². The molecule has 0 saturated heterocycles. The molecule has 38 heavy (non-hydrogen) atoms. The number of allylic oxidation sites excluding steroid dienone is 1. The molecule has 194 valence electrons. The minimum Gasteiger partial charge on any atom is -0.489 e. The molecule has 1 aromatic heterocycles. The Balaban J connectivity index is 1.59. The van der Waals surface area contributed by atoms with Gasteiger partial charge in [-0.1, -0.05) is 82.3 Å². The molecule has 0 spiro atoms. The van der Waals surface area contributed by atoms with Crippen LogP contribution in [-0.2, 0) is 16.8 Å². The number of fused-ring (bicyclic) bond motifs is 3. The summed E-state index contributed by atoms with van der Waals surface area (Å²) in [4.78, 5) is 32.0. The number of carbonyl (C=O) groups excluding carboxylic acids is 1. The number of rotatable bonds is 6. The first-order valence-electron chi connectivity index (χ1n) is 12.8. The summed E-state index contributed by atoms with van der Waals surface area (Å²) in [6.45, 7) is 8.71. The molecule has 5 rings (SSSR count). The Labute approximate surface area is 222 Å². The Morgan fingerprint density at radius 1 is 1.00 bits per heavy atom. The Kier molecular flexibility index (Phi) is 6.57. The number of carbonyl (C=O) groups is 2. The number of ether oxygens (including phenoxy) is 1. The van der Waals surface area contributed by atoms with Gasteiger partial charge in [-0.05, 0) is 41.3 Å². The number of aromatic amines is 1. The number of aliphatic carboxylic acids is 1. The van der Waals surface area contributed by atoms with Crippen LogP contribution in [0.3, 0.4) is 0 Å². The molecule has 1 amide bonds. The highest BCUT2D eigenvalue weighted by atomic mass is 16.5. The van der Waals surface area contributed by atoms with E-state index in [4.69, 9.17) is 4.74 Å². The zero-order valence-electron chi connectivity index (χ0n) is 22.1. The zero-order valence-corrected chi connectivity index (χ0v) is 22.1. The number of H-pyrrole nitrogens is 1. The molecule has 2 heterocycles. The highest BCUT2D eigenvalue weighted by Crippen LogP contribution is 2.44. The van der Waals surface area contributed by atoms with Crippen molar-refractivity contribution in [1.82, 2.24) is 9.88 Å². The summed E-state index contributed by atoms with van der Waals surface area (Å²) in [5.74, 6) is -0.939. The lowest BCUT2D eigenvalue weighted by Gasteiger charge is -2.34. The summed E-state index contributed by atoms with van der Waals surface area (Å²) in [6.07, 6.45) is 0. The van der Waals surface area contributed by atoms with Crippen molar-refractivity contribution in [1.29, 1.82) is 0 Å². The maximum absolute atomic E-state index is 14.1. The van der Waals surface area contributed by atoms with E-state index in [0.29, 0.717) is 35.9 Å². The quantitative estimate of drug-likeness (QED) is 0.306. The van der Waals surface area contributed by atoms with Gasteiger partial charge in [0.05, 0.1) is 5.69 Å². The fraction of sp³-hybridized carbons (Fsp3) is 0.250. The van der Waals surface area contributed by atoms with E-state index in [9.17, 15) is 14.7 Å². The number of nitrogens with zero attached hydrogens (tertiary/aromatic N) is 1. The maximum atomic E-state index is 14.1. The Hall–Kier alpha value is -4.32.